The van der Waals surface area contributed by atoms with Crippen molar-refractivity contribution in [2.75, 3.05) is 7.11 Å². The summed E-state index contributed by atoms with van der Waals surface area (Å²) in [6.07, 6.45) is 3.46. The summed E-state index contributed by atoms with van der Waals surface area (Å²) >= 11 is 0. The fourth-order valence-electron chi connectivity index (χ4n) is 3.76. The van der Waals surface area contributed by atoms with Gasteiger partial charge in [-0.2, -0.15) is 5.10 Å². The first-order valence-corrected chi connectivity index (χ1v) is 12.8. The van der Waals surface area contributed by atoms with Crippen molar-refractivity contribution < 1.29 is 19.1 Å². The normalized spacial score (nSPS) is 14.2. The molecule has 2 atom stereocenters. The predicted molar refractivity (Wildman–Crippen MR) is 148 cm³/mol. The number of nitrogens with one attached hydrogen (secondary N) is 1. The molecule has 208 valence electrons. The van der Waals surface area contributed by atoms with E-state index in [0.717, 1.165) is 29.9 Å². The van der Waals surface area contributed by atoms with Crippen LogP contribution in [0.4, 0.5) is 4.79 Å². The second kappa shape index (κ2) is 14.6. The first kappa shape index (κ1) is 31.9. The number of methoxy groups -OCH3 is 1. The molecule has 37 heavy (non-hydrogen) atoms. The molecule has 0 spiro atoms. The van der Waals surface area contributed by atoms with E-state index in [1.165, 1.54) is 4.68 Å². The molecule has 0 aromatic carbocycles. The Balaban J connectivity index is 3.32. The van der Waals surface area contributed by atoms with Crippen molar-refractivity contribution in [3.05, 3.63) is 51.7 Å². The molecule has 1 N–H and O–H groups in total. The second-order valence-corrected chi connectivity index (χ2v) is 10.7. The van der Waals surface area contributed by atoms with Crippen LogP contribution in [0.25, 0.3) is 0 Å². The van der Waals surface area contributed by atoms with Gasteiger partial charge in [-0.05, 0) is 93.7 Å². The standard InChI is InChI=1S/C28H46N4O5/c1-12-25(35-11)22(15-18(2)3)13-14-23-16-24(21(7)31-37-19(4)5)26(33)32(30-23)17-20(6)29-27(34)36-28(8,9)10/h12,16,19-20,22H,2,13-15,17H2,1,3-11H3,(H,29,34)/b25-12+,31-21+/t20-,22?/m0/s1. The summed E-state index contributed by atoms with van der Waals surface area (Å²) < 4.78 is 12.3. The van der Waals surface area contributed by atoms with Crippen LogP contribution >= 0.6 is 0 Å². The second-order valence-electron chi connectivity index (χ2n) is 10.7. The van der Waals surface area contributed by atoms with Gasteiger partial charge in [-0.3, -0.25) is 4.79 Å². The highest BCUT2D eigenvalue weighted by atomic mass is 16.6. The number of carbonyl (C=O) groups is 1. The molecule has 1 aromatic heterocycles. The van der Waals surface area contributed by atoms with Gasteiger partial charge in [-0.15, -0.1) is 6.58 Å². The summed E-state index contributed by atoms with van der Waals surface area (Å²) in [7, 11) is 1.67. The van der Waals surface area contributed by atoms with Crippen LogP contribution in [0.5, 0.6) is 0 Å². The molecule has 9 nitrogen and oxygen atoms in total. The van der Waals surface area contributed by atoms with Crippen LogP contribution in [-0.2, 0) is 27.3 Å². The Kier molecular flexibility index (Phi) is 12.6. The maximum atomic E-state index is 13.3. The maximum Gasteiger partial charge on any atom is 0.407 e. The van der Waals surface area contributed by atoms with Gasteiger partial charge in [0, 0.05) is 12.0 Å². The zero-order valence-corrected chi connectivity index (χ0v) is 24.3. The Morgan fingerprint density at radius 3 is 2.43 bits per heavy atom. The molecule has 0 saturated heterocycles. The minimum Gasteiger partial charge on any atom is -0.501 e. The number of rotatable bonds is 13. The van der Waals surface area contributed by atoms with E-state index in [1.807, 2.05) is 33.8 Å². The largest absolute Gasteiger partial charge is 0.501 e. The molecule has 1 amide bonds. The quantitative estimate of drug-likeness (QED) is 0.163. The summed E-state index contributed by atoms with van der Waals surface area (Å²) in [4.78, 5) is 30.9. The van der Waals surface area contributed by atoms with Gasteiger partial charge in [0.05, 0.1) is 36.4 Å². The third-order valence-corrected chi connectivity index (χ3v) is 5.29. The van der Waals surface area contributed by atoms with E-state index in [2.05, 4.69) is 22.2 Å². The number of ether oxygens (including phenoxy) is 2. The van der Waals surface area contributed by atoms with Gasteiger partial charge in [0.25, 0.3) is 5.56 Å². The van der Waals surface area contributed by atoms with E-state index in [1.54, 1.807) is 47.8 Å². The highest BCUT2D eigenvalue weighted by Crippen LogP contribution is 2.25. The molecule has 9 heteroatoms. The van der Waals surface area contributed by atoms with Crippen molar-refractivity contribution in [3.63, 3.8) is 0 Å². The minimum atomic E-state index is -0.621. The van der Waals surface area contributed by atoms with Gasteiger partial charge in [-0.1, -0.05) is 10.7 Å². The van der Waals surface area contributed by atoms with E-state index >= 15 is 0 Å². The van der Waals surface area contributed by atoms with Crippen molar-refractivity contribution >= 4 is 11.8 Å². The van der Waals surface area contributed by atoms with Gasteiger partial charge >= 0.3 is 6.09 Å². The van der Waals surface area contributed by atoms with Crippen LogP contribution < -0.4 is 10.9 Å². The molecule has 1 heterocycles. The summed E-state index contributed by atoms with van der Waals surface area (Å²) in [5.74, 6) is 1.04. The molecular formula is C28H46N4O5. The number of hydrogen-bond donors (Lipinski definition) is 1. The van der Waals surface area contributed by atoms with Crippen molar-refractivity contribution in [3.8, 4) is 0 Å². The summed E-state index contributed by atoms with van der Waals surface area (Å²) in [5, 5.41) is 11.5. The van der Waals surface area contributed by atoms with Gasteiger partial charge < -0.3 is 19.6 Å². The molecule has 0 fully saturated rings. The van der Waals surface area contributed by atoms with E-state index in [4.69, 9.17) is 14.3 Å². The average Bonchev–Trinajstić information content (AvgIpc) is 2.76. The molecule has 0 aliphatic rings. The number of nitrogens with zero attached hydrogens (tertiary/aromatic N) is 3. The van der Waals surface area contributed by atoms with Gasteiger partial charge in [0.2, 0.25) is 0 Å². The molecule has 0 saturated carbocycles. The maximum absolute atomic E-state index is 13.3. The fraction of sp³-hybridized carbons (Fsp3) is 0.643. The van der Waals surface area contributed by atoms with Crippen molar-refractivity contribution in [2.45, 2.75) is 106 Å². The minimum absolute atomic E-state index is 0.118. The molecule has 0 aliphatic heterocycles. The average molecular weight is 519 g/mol. The fourth-order valence-corrected chi connectivity index (χ4v) is 3.76. The SMILES string of the molecule is C=C(C)CC(CCc1cc(/C(C)=N/OC(C)C)c(=O)n(C[C@H](C)NC(=O)OC(C)(C)C)n1)/C(=C\C)OC. The van der Waals surface area contributed by atoms with Gasteiger partial charge in [-0.25, -0.2) is 9.48 Å². The van der Waals surface area contributed by atoms with E-state index < -0.39 is 17.7 Å². The highest BCUT2D eigenvalue weighted by Gasteiger charge is 2.21. The van der Waals surface area contributed by atoms with Crippen molar-refractivity contribution in [1.29, 1.82) is 0 Å². The Bertz CT molecular complexity index is 1030. The summed E-state index contributed by atoms with van der Waals surface area (Å²) in [5.41, 5.74) is 1.74. The predicted octanol–water partition coefficient (Wildman–Crippen LogP) is 5.37. The number of hydrogen-bond acceptors (Lipinski definition) is 7. The van der Waals surface area contributed by atoms with Crippen molar-refractivity contribution in [1.82, 2.24) is 15.1 Å². The third kappa shape index (κ3) is 11.7. The van der Waals surface area contributed by atoms with Crippen LogP contribution in [0.15, 0.2) is 40.0 Å². The van der Waals surface area contributed by atoms with Crippen LogP contribution in [0.3, 0.4) is 0 Å². The Hall–Kier alpha value is -3.10. The van der Waals surface area contributed by atoms with Crippen LogP contribution in [0, 0.1) is 5.92 Å². The van der Waals surface area contributed by atoms with E-state index in [9.17, 15) is 9.59 Å². The van der Waals surface area contributed by atoms with Gasteiger partial charge in [0.1, 0.15) is 11.7 Å². The van der Waals surface area contributed by atoms with Crippen molar-refractivity contribution in [2.24, 2.45) is 11.1 Å². The van der Waals surface area contributed by atoms with Gasteiger partial charge in [0.15, 0.2) is 0 Å². The smallest absolute Gasteiger partial charge is 0.407 e. The number of aryl methyl sites for hydroxylation is 1. The number of allylic oxidation sites excluding steroid dienone is 3. The number of aromatic nitrogens is 2. The summed E-state index contributed by atoms with van der Waals surface area (Å²) in [6, 6.07) is 1.37. The molecule has 0 aliphatic carbocycles. The molecule has 0 radical (unpaired) electrons. The zero-order chi connectivity index (χ0) is 28.3. The molecule has 0 bridgehead atoms. The Morgan fingerprint density at radius 2 is 1.92 bits per heavy atom. The van der Waals surface area contributed by atoms with Crippen LogP contribution in [0.1, 0.15) is 86.4 Å². The first-order chi connectivity index (χ1) is 17.2. The molecule has 1 unspecified atom stereocenters. The lowest BCUT2D eigenvalue weighted by Crippen LogP contribution is -2.42. The zero-order valence-electron chi connectivity index (χ0n) is 24.3. The Labute approximate surface area is 221 Å². The lowest BCUT2D eigenvalue weighted by atomic mass is 9.92. The van der Waals surface area contributed by atoms with Crippen LogP contribution in [0.2, 0.25) is 0 Å². The first-order valence-electron chi connectivity index (χ1n) is 12.8. The number of oxime groups is 1. The number of carbonyl (C=O) groups excluding carboxylic acids is 1. The molecule has 1 rings (SSSR count). The number of amides is 1. The number of alkyl carbamates (subject to hydrolysis) is 1. The monoisotopic (exact) mass is 518 g/mol. The summed E-state index contributed by atoms with van der Waals surface area (Å²) in [6.45, 7) is 20.8. The Morgan fingerprint density at radius 1 is 1.27 bits per heavy atom. The van der Waals surface area contributed by atoms with E-state index in [-0.39, 0.29) is 24.1 Å². The lowest BCUT2D eigenvalue weighted by Gasteiger charge is -2.22. The highest BCUT2D eigenvalue weighted by molar-refractivity contribution is 5.98. The third-order valence-electron chi connectivity index (χ3n) is 5.29. The topological polar surface area (TPSA) is 104 Å². The lowest BCUT2D eigenvalue weighted by molar-refractivity contribution is 0.0503. The molecule has 1 aromatic rings. The van der Waals surface area contributed by atoms with Crippen LogP contribution in [-0.4, -0.2) is 46.4 Å². The molecular weight excluding hydrogens is 472 g/mol. The van der Waals surface area contributed by atoms with E-state index in [0.29, 0.717) is 17.7 Å².